The maximum atomic E-state index is 12.4. The van der Waals surface area contributed by atoms with Crippen molar-refractivity contribution in [1.82, 2.24) is 9.88 Å². The Labute approximate surface area is 147 Å². The summed E-state index contributed by atoms with van der Waals surface area (Å²) in [7, 11) is 1.52. The van der Waals surface area contributed by atoms with Crippen LogP contribution in [-0.4, -0.2) is 41.9 Å². The lowest BCUT2D eigenvalue weighted by Gasteiger charge is -2.20. The minimum Gasteiger partial charge on any atom is -0.495 e. The highest BCUT2D eigenvalue weighted by molar-refractivity contribution is 6.39. The summed E-state index contributed by atoms with van der Waals surface area (Å²) < 4.78 is 5.23. The van der Waals surface area contributed by atoms with Crippen LogP contribution in [0.4, 0.5) is 5.69 Å². The molecule has 1 N–H and O–H groups in total. The first-order valence-electron chi connectivity index (χ1n) is 8.19. The highest BCUT2D eigenvalue weighted by Crippen LogP contribution is 2.25. The highest BCUT2D eigenvalue weighted by atomic mass is 16.5. The van der Waals surface area contributed by atoms with Gasteiger partial charge < -0.3 is 15.0 Å². The number of amides is 2. The molecule has 1 aromatic heterocycles. The van der Waals surface area contributed by atoms with E-state index in [2.05, 4.69) is 10.3 Å². The smallest absolute Gasteiger partial charge is 0.314 e. The van der Waals surface area contributed by atoms with Gasteiger partial charge in [-0.15, -0.1) is 0 Å². The molecule has 132 valence electrons. The third kappa shape index (κ3) is 5.04. The molecule has 0 bridgehead atoms. The van der Waals surface area contributed by atoms with Gasteiger partial charge in [-0.3, -0.25) is 14.6 Å². The van der Waals surface area contributed by atoms with Crippen LogP contribution in [0.1, 0.15) is 18.1 Å². The maximum Gasteiger partial charge on any atom is 0.314 e. The number of carbonyl (C=O) groups is 2. The zero-order valence-corrected chi connectivity index (χ0v) is 14.8. The lowest BCUT2D eigenvalue weighted by Crippen LogP contribution is -2.40. The van der Waals surface area contributed by atoms with Crippen LogP contribution in [0.2, 0.25) is 0 Å². The van der Waals surface area contributed by atoms with Crippen molar-refractivity contribution in [3.05, 3.63) is 53.9 Å². The summed E-state index contributed by atoms with van der Waals surface area (Å²) in [6.45, 7) is 4.69. The van der Waals surface area contributed by atoms with E-state index >= 15 is 0 Å². The first-order valence-corrected chi connectivity index (χ1v) is 8.19. The molecule has 0 saturated heterocycles. The second-order valence-electron chi connectivity index (χ2n) is 5.65. The number of methoxy groups -OCH3 is 1. The molecule has 6 nitrogen and oxygen atoms in total. The number of hydrogen-bond donors (Lipinski definition) is 1. The van der Waals surface area contributed by atoms with Crippen molar-refractivity contribution >= 4 is 17.5 Å². The van der Waals surface area contributed by atoms with Crippen LogP contribution in [0.25, 0.3) is 0 Å². The number of benzene rings is 1. The fourth-order valence-corrected chi connectivity index (χ4v) is 2.46. The molecule has 0 spiro atoms. The predicted molar refractivity (Wildman–Crippen MR) is 96.6 cm³/mol. The molecule has 2 amide bonds. The number of anilines is 1. The Morgan fingerprint density at radius 3 is 2.56 bits per heavy atom. The second kappa shape index (κ2) is 8.82. The average molecular weight is 341 g/mol. The van der Waals surface area contributed by atoms with Crippen molar-refractivity contribution in [2.45, 2.75) is 20.3 Å². The number of carbonyl (C=O) groups excluding carboxylic acids is 2. The SMILES string of the molecule is CCN(CCc1ccncc1)C(=O)C(=O)Nc1cc(C)ccc1OC. The van der Waals surface area contributed by atoms with Crippen molar-refractivity contribution < 1.29 is 14.3 Å². The van der Waals surface area contributed by atoms with Gasteiger partial charge in [0.05, 0.1) is 12.8 Å². The molecule has 2 rings (SSSR count). The number of pyridine rings is 1. The fraction of sp³-hybridized carbons (Fsp3) is 0.316. The number of aryl methyl sites for hydroxylation is 1. The summed E-state index contributed by atoms with van der Waals surface area (Å²) in [5, 5.41) is 2.65. The van der Waals surface area contributed by atoms with Crippen molar-refractivity contribution in [3.63, 3.8) is 0 Å². The van der Waals surface area contributed by atoms with E-state index in [1.165, 1.54) is 12.0 Å². The minimum absolute atomic E-state index is 0.461. The van der Waals surface area contributed by atoms with Crippen LogP contribution in [0.3, 0.4) is 0 Å². The van der Waals surface area contributed by atoms with Crippen LogP contribution in [0.15, 0.2) is 42.7 Å². The molecule has 6 heteroatoms. The van der Waals surface area contributed by atoms with Gasteiger partial charge in [0, 0.05) is 25.5 Å². The molecule has 25 heavy (non-hydrogen) atoms. The lowest BCUT2D eigenvalue weighted by atomic mass is 10.2. The Bertz CT molecular complexity index is 732. The second-order valence-corrected chi connectivity index (χ2v) is 5.65. The summed E-state index contributed by atoms with van der Waals surface area (Å²) in [5.41, 5.74) is 2.53. The molecule has 0 aliphatic carbocycles. The van der Waals surface area contributed by atoms with Crippen molar-refractivity contribution in [3.8, 4) is 5.75 Å². The van der Waals surface area contributed by atoms with Gasteiger partial charge >= 0.3 is 11.8 Å². The normalized spacial score (nSPS) is 10.2. The van der Waals surface area contributed by atoms with Crippen LogP contribution in [-0.2, 0) is 16.0 Å². The van der Waals surface area contributed by atoms with Gasteiger partial charge in [0.25, 0.3) is 0 Å². The monoisotopic (exact) mass is 341 g/mol. The van der Waals surface area contributed by atoms with Gasteiger partial charge in [-0.2, -0.15) is 0 Å². The van der Waals surface area contributed by atoms with E-state index in [-0.39, 0.29) is 0 Å². The molecule has 0 unspecified atom stereocenters. The van der Waals surface area contributed by atoms with Crippen LogP contribution < -0.4 is 10.1 Å². The minimum atomic E-state index is -0.666. The number of aromatic nitrogens is 1. The molecule has 0 saturated carbocycles. The van der Waals surface area contributed by atoms with E-state index in [1.807, 2.05) is 32.0 Å². The number of nitrogens with zero attached hydrogens (tertiary/aromatic N) is 2. The van der Waals surface area contributed by atoms with E-state index in [4.69, 9.17) is 4.74 Å². The van der Waals surface area contributed by atoms with Crippen LogP contribution in [0.5, 0.6) is 5.75 Å². The van der Waals surface area contributed by atoms with Gasteiger partial charge in [-0.25, -0.2) is 0 Å². The number of nitrogens with one attached hydrogen (secondary N) is 1. The molecule has 0 aliphatic heterocycles. The Kier molecular flexibility index (Phi) is 6.51. The van der Waals surface area contributed by atoms with E-state index in [0.29, 0.717) is 30.9 Å². The summed E-state index contributed by atoms with van der Waals surface area (Å²) in [6.07, 6.45) is 4.09. The third-order valence-electron chi connectivity index (χ3n) is 3.89. The largest absolute Gasteiger partial charge is 0.495 e. The Morgan fingerprint density at radius 2 is 1.92 bits per heavy atom. The average Bonchev–Trinajstić information content (AvgIpc) is 2.63. The number of ether oxygens (including phenoxy) is 1. The van der Waals surface area contributed by atoms with Gasteiger partial charge in [-0.05, 0) is 55.7 Å². The molecular weight excluding hydrogens is 318 g/mol. The number of likely N-dealkylation sites (N-methyl/N-ethyl adjacent to an activating group) is 1. The van der Waals surface area contributed by atoms with Crippen molar-refractivity contribution in [2.75, 3.05) is 25.5 Å². The van der Waals surface area contributed by atoms with Gasteiger partial charge in [0.1, 0.15) is 5.75 Å². The van der Waals surface area contributed by atoms with Crippen LogP contribution >= 0.6 is 0 Å². The van der Waals surface area contributed by atoms with Gasteiger partial charge in [0.2, 0.25) is 0 Å². The maximum absolute atomic E-state index is 12.4. The highest BCUT2D eigenvalue weighted by Gasteiger charge is 2.21. The summed E-state index contributed by atoms with van der Waals surface area (Å²) in [6, 6.07) is 9.21. The molecule has 0 atom stereocenters. The fourth-order valence-electron chi connectivity index (χ4n) is 2.46. The van der Waals surface area contributed by atoms with E-state index < -0.39 is 11.8 Å². The summed E-state index contributed by atoms with van der Waals surface area (Å²) in [4.78, 5) is 30.3. The lowest BCUT2D eigenvalue weighted by molar-refractivity contribution is -0.143. The molecule has 1 heterocycles. The third-order valence-corrected chi connectivity index (χ3v) is 3.89. The summed E-state index contributed by atoms with van der Waals surface area (Å²) in [5.74, 6) is -0.702. The van der Waals surface area contributed by atoms with Crippen molar-refractivity contribution in [2.24, 2.45) is 0 Å². The quantitative estimate of drug-likeness (QED) is 0.819. The number of hydrogen-bond acceptors (Lipinski definition) is 4. The Morgan fingerprint density at radius 1 is 1.20 bits per heavy atom. The zero-order chi connectivity index (χ0) is 18.2. The topological polar surface area (TPSA) is 71.5 Å². The van der Waals surface area contributed by atoms with E-state index in [0.717, 1.165) is 11.1 Å². The molecule has 2 aromatic rings. The van der Waals surface area contributed by atoms with Gasteiger partial charge in [-0.1, -0.05) is 6.07 Å². The first-order chi connectivity index (χ1) is 12.0. The standard InChI is InChI=1S/C19H23N3O3/c1-4-22(12-9-15-7-10-20-11-8-15)19(24)18(23)21-16-13-14(2)5-6-17(16)25-3/h5-8,10-11,13H,4,9,12H2,1-3H3,(H,21,23). The summed E-state index contributed by atoms with van der Waals surface area (Å²) >= 11 is 0. The zero-order valence-electron chi connectivity index (χ0n) is 14.8. The molecule has 1 aromatic carbocycles. The molecule has 0 fully saturated rings. The van der Waals surface area contributed by atoms with Gasteiger partial charge in [0.15, 0.2) is 0 Å². The first kappa shape index (κ1) is 18.4. The Balaban J connectivity index is 2.02. The molecule has 0 aliphatic rings. The number of rotatable bonds is 6. The van der Waals surface area contributed by atoms with E-state index in [9.17, 15) is 9.59 Å². The molecule has 0 radical (unpaired) electrons. The predicted octanol–water partition coefficient (Wildman–Crippen LogP) is 2.43. The van der Waals surface area contributed by atoms with E-state index in [1.54, 1.807) is 24.5 Å². The Hall–Kier alpha value is -2.89. The molecular formula is C19H23N3O3. The van der Waals surface area contributed by atoms with Crippen LogP contribution in [0, 0.1) is 6.92 Å². The van der Waals surface area contributed by atoms with Crippen molar-refractivity contribution in [1.29, 1.82) is 0 Å².